The van der Waals surface area contributed by atoms with Crippen molar-refractivity contribution in [2.45, 2.75) is 52.5 Å². The van der Waals surface area contributed by atoms with Crippen LogP contribution in [0.25, 0.3) is 0 Å². The van der Waals surface area contributed by atoms with Crippen LogP contribution in [0.2, 0.25) is 0 Å². The van der Waals surface area contributed by atoms with Gasteiger partial charge in [-0.15, -0.1) is 0 Å². The van der Waals surface area contributed by atoms with Crippen molar-refractivity contribution in [3.05, 3.63) is 30.3 Å². The third-order valence-corrected chi connectivity index (χ3v) is 4.67. The Hall–Kier alpha value is -1.02. The first kappa shape index (κ1) is 15.4. The number of ether oxygens (including phenoxy) is 1. The molecule has 0 aromatic heterocycles. The molecule has 20 heavy (non-hydrogen) atoms. The molecule has 112 valence electrons. The lowest BCUT2D eigenvalue weighted by Crippen LogP contribution is -2.37. The van der Waals surface area contributed by atoms with Crippen molar-refractivity contribution in [1.29, 1.82) is 0 Å². The second-order valence-corrected chi connectivity index (χ2v) is 6.73. The van der Waals surface area contributed by atoms with Gasteiger partial charge < -0.3 is 10.1 Å². The minimum absolute atomic E-state index is 0.378. The molecule has 0 amide bonds. The summed E-state index contributed by atoms with van der Waals surface area (Å²) in [6.07, 6.45) is 5.07. The summed E-state index contributed by atoms with van der Waals surface area (Å²) in [4.78, 5) is 0. The van der Waals surface area contributed by atoms with Crippen LogP contribution in [0.4, 0.5) is 0 Å². The fourth-order valence-electron chi connectivity index (χ4n) is 2.43. The molecule has 1 N–H and O–H groups in total. The van der Waals surface area contributed by atoms with Gasteiger partial charge in [-0.25, -0.2) is 0 Å². The summed E-state index contributed by atoms with van der Waals surface area (Å²) in [6, 6.07) is 10.9. The van der Waals surface area contributed by atoms with Gasteiger partial charge >= 0.3 is 0 Å². The minimum Gasteiger partial charge on any atom is -0.494 e. The topological polar surface area (TPSA) is 21.3 Å². The van der Waals surface area contributed by atoms with E-state index in [1.54, 1.807) is 0 Å². The van der Waals surface area contributed by atoms with Crippen molar-refractivity contribution in [3.63, 3.8) is 0 Å². The molecule has 1 aromatic rings. The Kier molecular flexibility index (Phi) is 5.47. The maximum atomic E-state index is 5.80. The van der Waals surface area contributed by atoms with E-state index in [1.807, 2.05) is 30.3 Å². The Bertz CT molecular complexity index is 386. The highest BCUT2D eigenvalue weighted by Gasteiger charge is 2.30. The second-order valence-electron chi connectivity index (χ2n) is 6.73. The maximum absolute atomic E-state index is 5.80. The summed E-state index contributed by atoms with van der Waals surface area (Å²) in [5, 5.41) is 3.70. The summed E-state index contributed by atoms with van der Waals surface area (Å²) in [7, 11) is 0. The van der Waals surface area contributed by atoms with Crippen LogP contribution in [0.15, 0.2) is 30.3 Å². The highest BCUT2D eigenvalue weighted by molar-refractivity contribution is 5.20. The molecule has 0 aliphatic heterocycles. The lowest BCUT2D eigenvalue weighted by molar-refractivity contribution is 0.170. The van der Waals surface area contributed by atoms with Gasteiger partial charge in [-0.2, -0.15) is 0 Å². The van der Waals surface area contributed by atoms with E-state index in [2.05, 4.69) is 26.1 Å². The van der Waals surface area contributed by atoms with Gasteiger partial charge in [0, 0.05) is 12.6 Å². The fraction of sp³-hybridized carbons (Fsp3) is 0.667. The van der Waals surface area contributed by atoms with E-state index < -0.39 is 0 Å². The molecule has 1 aromatic carbocycles. The van der Waals surface area contributed by atoms with Gasteiger partial charge in [-0.05, 0) is 49.1 Å². The average molecular weight is 275 g/mol. The van der Waals surface area contributed by atoms with E-state index in [-0.39, 0.29) is 0 Å². The number of hydrogen-bond donors (Lipinski definition) is 1. The first-order valence-electron chi connectivity index (χ1n) is 8.01. The van der Waals surface area contributed by atoms with Gasteiger partial charge in [0.1, 0.15) is 5.75 Å². The van der Waals surface area contributed by atoms with Crippen LogP contribution < -0.4 is 10.1 Å². The van der Waals surface area contributed by atoms with Crippen LogP contribution in [-0.4, -0.2) is 19.2 Å². The summed E-state index contributed by atoms with van der Waals surface area (Å²) in [5.74, 6) is 1.68. The van der Waals surface area contributed by atoms with Crippen molar-refractivity contribution in [1.82, 2.24) is 5.32 Å². The number of rotatable bonds is 9. The van der Waals surface area contributed by atoms with Gasteiger partial charge in [0.05, 0.1) is 6.61 Å². The van der Waals surface area contributed by atoms with Gasteiger partial charge in [0.25, 0.3) is 0 Å². The molecule has 1 aliphatic rings. The SMILES string of the molecule is CC(C)C(C)(CCCOc1ccccc1)CNC1CC1. The molecule has 1 saturated carbocycles. The number of para-hydroxylation sites is 1. The minimum atomic E-state index is 0.378. The third-order valence-electron chi connectivity index (χ3n) is 4.67. The van der Waals surface area contributed by atoms with E-state index in [1.165, 1.54) is 19.3 Å². The first-order chi connectivity index (χ1) is 9.60. The molecule has 0 radical (unpaired) electrons. The first-order valence-corrected chi connectivity index (χ1v) is 8.01. The van der Waals surface area contributed by atoms with Crippen LogP contribution in [-0.2, 0) is 0 Å². The highest BCUT2D eigenvalue weighted by atomic mass is 16.5. The Morgan fingerprint density at radius 3 is 2.55 bits per heavy atom. The Morgan fingerprint density at radius 2 is 1.95 bits per heavy atom. The van der Waals surface area contributed by atoms with Gasteiger partial charge in [-0.1, -0.05) is 39.0 Å². The van der Waals surface area contributed by atoms with E-state index in [4.69, 9.17) is 4.74 Å². The van der Waals surface area contributed by atoms with E-state index in [9.17, 15) is 0 Å². The van der Waals surface area contributed by atoms with Crippen LogP contribution in [0, 0.1) is 11.3 Å². The number of nitrogens with one attached hydrogen (secondary N) is 1. The lowest BCUT2D eigenvalue weighted by atomic mass is 9.75. The zero-order chi connectivity index (χ0) is 14.4. The van der Waals surface area contributed by atoms with Gasteiger partial charge in [-0.3, -0.25) is 0 Å². The quantitative estimate of drug-likeness (QED) is 0.680. The Labute approximate surface area is 123 Å². The Balaban J connectivity index is 1.71. The number of benzene rings is 1. The smallest absolute Gasteiger partial charge is 0.119 e. The number of hydrogen-bond acceptors (Lipinski definition) is 2. The second kappa shape index (κ2) is 7.12. The van der Waals surface area contributed by atoms with E-state index >= 15 is 0 Å². The normalized spacial score (nSPS) is 18.0. The molecule has 1 fully saturated rings. The summed E-state index contributed by atoms with van der Waals surface area (Å²) >= 11 is 0. The molecule has 2 nitrogen and oxygen atoms in total. The van der Waals surface area contributed by atoms with Crippen LogP contribution in [0.1, 0.15) is 46.5 Å². The van der Waals surface area contributed by atoms with Crippen LogP contribution in [0.3, 0.4) is 0 Å². The van der Waals surface area contributed by atoms with Crippen molar-refractivity contribution in [2.24, 2.45) is 11.3 Å². The molecule has 2 rings (SSSR count). The molecular weight excluding hydrogens is 246 g/mol. The predicted molar refractivity (Wildman–Crippen MR) is 85.1 cm³/mol. The summed E-state index contributed by atoms with van der Waals surface area (Å²) in [5.41, 5.74) is 0.378. The molecule has 0 spiro atoms. The standard InChI is InChI=1S/C18H29NO/c1-15(2)18(3,14-19-16-10-11-16)12-7-13-20-17-8-5-4-6-9-17/h4-6,8-9,15-16,19H,7,10-14H2,1-3H3. The highest BCUT2D eigenvalue weighted by Crippen LogP contribution is 2.33. The molecule has 1 unspecified atom stereocenters. The maximum Gasteiger partial charge on any atom is 0.119 e. The third kappa shape index (κ3) is 4.82. The molecule has 1 atom stereocenters. The lowest BCUT2D eigenvalue weighted by Gasteiger charge is -2.34. The van der Waals surface area contributed by atoms with Crippen molar-refractivity contribution in [2.75, 3.05) is 13.2 Å². The van der Waals surface area contributed by atoms with Gasteiger partial charge in [0.15, 0.2) is 0 Å². The van der Waals surface area contributed by atoms with Crippen molar-refractivity contribution < 1.29 is 4.74 Å². The molecule has 0 bridgehead atoms. The molecule has 0 heterocycles. The predicted octanol–water partition coefficient (Wildman–Crippen LogP) is 4.26. The van der Waals surface area contributed by atoms with Crippen molar-refractivity contribution in [3.8, 4) is 5.75 Å². The van der Waals surface area contributed by atoms with Crippen LogP contribution in [0.5, 0.6) is 5.75 Å². The molecular formula is C18H29NO. The zero-order valence-electron chi connectivity index (χ0n) is 13.2. The molecule has 1 aliphatic carbocycles. The molecule has 2 heteroatoms. The summed E-state index contributed by atoms with van der Waals surface area (Å²) in [6.45, 7) is 9.05. The Morgan fingerprint density at radius 1 is 1.25 bits per heavy atom. The van der Waals surface area contributed by atoms with E-state index in [0.29, 0.717) is 11.3 Å². The molecule has 0 saturated heterocycles. The van der Waals surface area contributed by atoms with Crippen molar-refractivity contribution >= 4 is 0 Å². The fourth-order valence-corrected chi connectivity index (χ4v) is 2.43. The summed E-state index contributed by atoms with van der Waals surface area (Å²) < 4.78 is 5.80. The monoisotopic (exact) mass is 275 g/mol. The largest absolute Gasteiger partial charge is 0.494 e. The van der Waals surface area contributed by atoms with Gasteiger partial charge in [0.2, 0.25) is 0 Å². The van der Waals surface area contributed by atoms with E-state index in [0.717, 1.165) is 31.4 Å². The zero-order valence-corrected chi connectivity index (χ0v) is 13.2. The van der Waals surface area contributed by atoms with Crippen LogP contribution >= 0.6 is 0 Å². The average Bonchev–Trinajstić information content (AvgIpc) is 3.27.